The highest BCUT2D eigenvalue weighted by molar-refractivity contribution is 8.14. The van der Waals surface area contributed by atoms with Crippen molar-refractivity contribution in [2.75, 3.05) is 11.1 Å². The number of thioether (sulfide) groups is 1. The van der Waals surface area contributed by atoms with Crippen LogP contribution in [0.4, 0.5) is 28.0 Å². The van der Waals surface area contributed by atoms with E-state index in [0.717, 1.165) is 36.0 Å². The lowest BCUT2D eigenvalue weighted by Gasteiger charge is -2.27. The van der Waals surface area contributed by atoms with Gasteiger partial charge in [0.15, 0.2) is 0 Å². The molecule has 5 nitrogen and oxygen atoms in total. The summed E-state index contributed by atoms with van der Waals surface area (Å²) in [5, 5.41) is 3.36. The van der Waals surface area contributed by atoms with E-state index >= 15 is 0 Å². The number of carbonyl (C=O) groups excluding carboxylic acids is 2. The van der Waals surface area contributed by atoms with Crippen molar-refractivity contribution in [3.8, 4) is 0 Å². The number of Topliss-reactive ketones (excluding diaryl/α,β-unsaturated/α-hetero) is 1. The van der Waals surface area contributed by atoms with E-state index in [4.69, 9.17) is 4.99 Å². The molecule has 3 rings (SSSR count). The van der Waals surface area contributed by atoms with Gasteiger partial charge in [0.2, 0.25) is 5.67 Å². The minimum Gasteiger partial charge on any atom is -0.306 e. The quantitative estimate of drug-likeness (QED) is 0.102. The van der Waals surface area contributed by atoms with E-state index in [9.17, 15) is 27.2 Å². The Balaban J connectivity index is 1.59. The summed E-state index contributed by atoms with van der Waals surface area (Å²) in [7, 11) is 0. The van der Waals surface area contributed by atoms with E-state index in [2.05, 4.69) is 16.9 Å². The Morgan fingerprint density at radius 2 is 1.84 bits per heavy atom. The largest absolute Gasteiger partial charge is 0.426 e. The number of hydrogen-bond acceptors (Lipinski definition) is 4. The van der Waals surface area contributed by atoms with Crippen LogP contribution in [0, 0.1) is 5.92 Å². The number of hydrogen-bond donors (Lipinski definition) is 1. The molecule has 1 aliphatic rings. The monoisotopic (exact) mass is 643 g/mol. The smallest absolute Gasteiger partial charge is 0.306 e. The van der Waals surface area contributed by atoms with Crippen molar-refractivity contribution in [3.05, 3.63) is 89.5 Å². The first-order valence-electron chi connectivity index (χ1n) is 15.2. The van der Waals surface area contributed by atoms with Crippen LogP contribution in [-0.4, -0.2) is 35.0 Å². The summed E-state index contributed by atoms with van der Waals surface area (Å²) >= 11 is 1.25. The molecule has 1 aliphatic heterocycles. The van der Waals surface area contributed by atoms with E-state index in [1.165, 1.54) is 30.8 Å². The maximum absolute atomic E-state index is 14.6. The van der Waals surface area contributed by atoms with Crippen LogP contribution in [0.1, 0.15) is 81.2 Å². The van der Waals surface area contributed by atoms with Gasteiger partial charge in [-0.3, -0.25) is 9.79 Å². The van der Waals surface area contributed by atoms with Crippen molar-refractivity contribution in [2.24, 2.45) is 15.9 Å². The molecule has 0 aliphatic carbocycles. The number of unbranched alkanes of at least 4 members (excludes halogenated alkanes) is 2. The van der Waals surface area contributed by atoms with E-state index < -0.39 is 24.3 Å². The highest BCUT2D eigenvalue weighted by Crippen LogP contribution is 2.45. The van der Waals surface area contributed by atoms with Gasteiger partial charge in [-0.25, -0.2) is 9.18 Å². The van der Waals surface area contributed by atoms with Gasteiger partial charge in [-0.1, -0.05) is 81.1 Å². The number of amides is 2. The highest BCUT2D eigenvalue weighted by atomic mass is 32.2. The van der Waals surface area contributed by atoms with E-state index in [-0.39, 0.29) is 23.3 Å². The van der Waals surface area contributed by atoms with Crippen molar-refractivity contribution in [3.63, 3.8) is 0 Å². The standard InChI is InChI=1S/C35H41F4N3O2S/c1-5-24(4)32(40-21-10-8-9-12-25-15-18-28(19-16-25)34(36,7-3)35(37,38)39)27-17-20-30(26(6-2)22-27)41-33(44)42-31-14-11-13-29(43)23-45-31/h5,11,14-22,24,32H,1,6-10,12-13,23H2,2-4H3,(H,41,44)/b40-21?,42-31-. The fraction of sp³-hybridized carbons (Fsp3) is 0.429. The molecule has 0 spiro atoms. The second-order valence-electron chi connectivity index (χ2n) is 11.1. The van der Waals surface area contributed by atoms with Crippen LogP contribution in [0.3, 0.4) is 0 Å². The first kappa shape index (κ1) is 35.9. The van der Waals surface area contributed by atoms with Crippen molar-refractivity contribution in [1.29, 1.82) is 0 Å². The highest BCUT2D eigenvalue weighted by Gasteiger charge is 2.55. The van der Waals surface area contributed by atoms with Crippen molar-refractivity contribution in [2.45, 2.75) is 83.6 Å². The zero-order valence-electron chi connectivity index (χ0n) is 26.0. The molecular weight excluding hydrogens is 602 g/mol. The number of allylic oxidation sites excluding steroid dienone is 1. The fourth-order valence-corrected chi connectivity index (χ4v) is 5.76. The second-order valence-corrected chi connectivity index (χ2v) is 12.0. The topological polar surface area (TPSA) is 70.9 Å². The molecule has 2 amide bonds. The Bertz CT molecular complexity index is 1420. The molecule has 0 saturated heterocycles. The normalized spacial score (nSPS) is 17.6. The third kappa shape index (κ3) is 9.98. The van der Waals surface area contributed by atoms with Gasteiger partial charge in [0.25, 0.3) is 0 Å². The van der Waals surface area contributed by atoms with Crippen LogP contribution in [0.25, 0.3) is 0 Å². The third-order valence-corrected chi connectivity index (χ3v) is 8.81. The molecule has 2 aromatic rings. The summed E-state index contributed by atoms with van der Waals surface area (Å²) in [6.07, 6.45) is 5.61. The number of alkyl halides is 4. The minimum absolute atomic E-state index is 0.0560. The third-order valence-electron chi connectivity index (χ3n) is 7.82. The Kier molecular flexibility index (Phi) is 13.3. The lowest BCUT2D eigenvalue weighted by Crippen LogP contribution is -2.37. The number of nitrogens with zero attached hydrogens (tertiary/aromatic N) is 2. The number of urea groups is 1. The number of aryl methyl sites for hydroxylation is 2. The number of halogens is 4. The molecule has 1 N–H and O–H groups in total. The number of benzene rings is 2. The first-order valence-corrected chi connectivity index (χ1v) is 16.2. The summed E-state index contributed by atoms with van der Waals surface area (Å²) in [6, 6.07) is 10.8. The van der Waals surface area contributed by atoms with E-state index in [0.29, 0.717) is 35.7 Å². The fourth-order valence-electron chi connectivity index (χ4n) is 4.99. The lowest BCUT2D eigenvalue weighted by atomic mass is 9.91. The molecule has 10 heteroatoms. The zero-order valence-corrected chi connectivity index (χ0v) is 26.8. The Hall–Kier alpha value is -3.53. The Morgan fingerprint density at radius 1 is 1.11 bits per heavy atom. The van der Waals surface area contributed by atoms with Crippen LogP contribution in [0.2, 0.25) is 0 Å². The SMILES string of the molecule is C=CC(C)C(N=CCCCCc1ccc(C(F)(CC)C(F)(F)F)cc1)c1ccc(NC(=O)/N=C2/C=CCC(=O)CS2)c(CC)c1. The van der Waals surface area contributed by atoms with E-state index in [1.54, 1.807) is 24.3 Å². The van der Waals surface area contributed by atoms with Gasteiger partial charge in [0, 0.05) is 18.0 Å². The molecule has 0 fully saturated rings. The van der Waals surface area contributed by atoms with Crippen molar-refractivity contribution in [1.82, 2.24) is 0 Å². The van der Waals surface area contributed by atoms with Crippen molar-refractivity contribution < 1.29 is 27.2 Å². The van der Waals surface area contributed by atoms with Crippen LogP contribution in [0.5, 0.6) is 0 Å². The number of ketones is 1. The predicted octanol–water partition coefficient (Wildman–Crippen LogP) is 9.93. The summed E-state index contributed by atoms with van der Waals surface area (Å²) in [5.74, 6) is 0.442. The second kappa shape index (κ2) is 16.7. The summed E-state index contributed by atoms with van der Waals surface area (Å²) in [4.78, 5) is 33.2. The lowest BCUT2D eigenvalue weighted by molar-refractivity contribution is -0.236. The molecule has 0 saturated carbocycles. The number of rotatable bonds is 13. The van der Waals surface area contributed by atoms with Crippen LogP contribution >= 0.6 is 11.8 Å². The summed E-state index contributed by atoms with van der Waals surface area (Å²) < 4.78 is 54.2. The molecule has 2 aromatic carbocycles. The van der Waals surface area contributed by atoms with Gasteiger partial charge >= 0.3 is 12.2 Å². The number of anilines is 1. The number of nitrogens with one attached hydrogen (secondary N) is 1. The van der Waals surface area contributed by atoms with Gasteiger partial charge in [-0.2, -0.15) is 18.2 Å². The molecule has 0 aromatic heterocycles. The predicted molar refractivity (Wildman–Crippen MR) is 177 cm³/mol. The van der Waals surface area contributed by atoms with Crippen LogP contribution < -0.4 is 5.32 Å². The van der Waals surface area contributed by atoms with Gasteiger partial charge < -0.3 is 5.32 Å². The van der Waals surface area contributed by atoms with Gasteiger partial charge in [0.05, 0.1) is 11.8 Å². The van der Waals surface area contributed by atoms with E-state index in [1.807, 2.05) is 44.3 Å². The van der Waals surface area contributed by atoms with Crippen LogP contribution in [-0.2, 0) is 23.3 Å². The maximum atomic E-state index is 14.6. The summed E-state index contributed by atoms with van der Waals surface area (Å²) in [6.45, 7) is 9.19. The molecule has 3 unspecified atom stereocenters. The molecule has 242 valence electrons. The minimum atomic E-state index is -4.95. The zero-order chi connectivity index (χ0) is 33.0. The molecule has 3 atom stereocenters. The van der Waals surface area contributed by atoms with Crippen molar-refractivity contribution >= 4 is 40.5 Å². The van der Waals surface area contributed by atoms with Crippen LogP contribution in [0.15, 0.2) is 77.3 Å². The molecule has 0 bridgehead atoms. The Morgan fingerprint density at radius 3 is 2.49 bits per heavy atom. The van der Waals surface area contributed by atoms with Gasteiger partial charge in [0.1, 0.15) is 10.8 Å². The number of carbonyl (C=O) groups is 2. The maximum Gasteiger partial charge on any atom is 0.426 e. The first-order chi connectivity index (χ1) is 21.4. The molecular formula is C35H41F4N3O2S. The average Bonchev–Trinajstić information content (AvgIpc) is 3.23. The molecule has 45 heavy (non-hydrogen) atoms. The average molecular weight is 644 g/mol. The molecule has 0 radical (unpaired) electrons. The number of aliphatic imine (C=N–C) groups is 2. The summed E-state index contributed by atoms with van der Waals surface area (Å²) in [5.41, 5.74) is -0.230. The van der Waals surface area contributed by atoms with Gasteiger partial charge in [-0.15, -0.1) is 6.58 Å². The van der Waals surface area contributed by atoms with Gasteiger partial charge in [-0.05, 0) is 79.1 Å². The molecule has 1 heterocycles. The Labute approximate surface area is 267 Å².